The second kappa shape index (κ2) is 11.0. The third kappa shape index (κ3) is 5.39. The van der Waals surface area contributed by atoms with E-state index in [9.17, 15) is 13.2 Å². The van der Waals surface area contributed by atoms with Crippen LogP contribution in [0.1, 0.15) is 36.4 Å². The molecule has 0 aliphatic carbocycles. The topological polar surface area (TPSA) is 89.8 Å². The van der Waals surface area contributed by atoms with Crippen LogP contribution in [0, 0.1) is 5.92 Å². The van der Waals surface area contributed by atoms with Crippen molar-refractivity contribution < 1.29 is 36.9 Å². The predicted molar refractivity (Wildman–Crippen MR) is 128 cm³/mol. The van der Waals surface area contributed by atoms with Crippen molar-refractivity contribution in [2.45, 2.75) is 43.8 Å². The first-order valence-electron chi connectivity index (χ1n) is 11.6. The maximum atomic E-state index is 13.8. The number of pyridine rings is 1. The van der Waals surface area contributed by atoms with Gasteiger partial charge in [0.2, 0.25) is 5.28 Å². The highest BCUT2D eigenvalue weighted by atomic mass is 35.5. The molecule has 0 saturated carbocycles. The van der Waals surface area contributed by atoms with Gasteiger partial charge in [-0.05, 0) is 17.7 Å². The average Bonchev–Trinajstić information content (AvgIpc) is 3.29. The molecule has 3 aromatic rings. The smallest absolute Gasteiger partial charge is 0.359 e. The number of methoxy groups -OCH3 is 1. The SMILES string of the molecule is COCOC1C(C)[C@H]2OC(c3ccccc3)OCC2O[C@H]1c1nc(Cl)nn1-c1cc(Cl)cnc1C(F)(F)F. The Balaban J connectivity index is 1.52. The van der Waals surface area contributed by atoms with Gasteiger partial charge in [0.15, 0.2) is 17.8 Å². The molecule has 2 aromatic heterocycles. The molecule has 0 bridgehead atoms. The van der Waals surface area contributed by atoms with Crippen molar-refractivity contribution in [2.24, 2.45) is 5.92 Å². The number of alkyl halides is 3. The summed E-state index contributed by atoms with van der Waals surface area (Å²) < 4.78 is 72.1. The fourth-order valence-corrected chi connectivity index (χ4v) is 5.02. The van der Waals surface area contributed by atoms with Crippen LogP contribution in [-0.4, -0.2) is 58.6 Å². The quantitative estimate of drug-likeness (QED) is 0.373. The van der Waals surface area contributed by atoms with Gasteiger partial charge in [0.05, 0.1) is 29.5 Å². The summed E-state index contributed by atoms with van der Waals surface area (Å²) in [5, 5.41) is 3.68. The van der Waals surface area contributed by atoms with Crippen molar-refractivity contribution in [3.8, 4) is 5.69 Å². The summed E-state index contributed by atoms with van der Waals surface area (Å²) in [5.74, 6) is -0.353. The summed E-state index contributed by atoms with van der Waals surface area (Å²) in [5.41, 5.74) is -0.825. The fourth-order valence-electron chi connectivity index (χ4n) is 4.70. The summed E-state index contributed by atoms with van der Waals surface area (Å²) in [6.07, 6.45) is -7.33. The number of aromatic nitrogens is 4. The number of halogens is 5. The van der Waals surface area contributed by atoms with Gasteiger partial charge in [0, 0.05) is 24.8 Å². The highest BCUT2D eigenvalue weighted by molar-refractivity contribution is 6.30. The van der Waals surface area contributed by atoms with E-state index in [0.29, 0.717) is 0 Å². The Labute approximate surface area is 225 Å². The summed E-state index contributed by atoms with van der Waals surface area (Å²) in [6.45, 7) is 1.95. The lowest BCUT2D eigenvalue weighted by atomic mass is 9.86. The summed E-state index contributed by atoms with van der Waals surface area (Å²) in [6, 6.07) is 10.5. The molecule has 5 rings (SSSR count). The highest BCUT2D eigenvalue weighted by Gasteiger charge is 2.51. The molecule has 204 valence electrons. The van der Waals surface area contributed by atoms with Crippen LogP contribution in [0.15, 0.2) is 42.6 Å². The van der Waals surface area contributed by atoms with E-state index in [4.69, 9.17) is 46.9 Å². The minimum Gasteiger partial charge on any atom is -0.359 e. The Morgan fingerprint density at radius 2 is 1.92 bits per heavy atom. The Morgan fingerprint density at radius 3 is 2.63 bits per heavy atom. The van der Waals surface area contributed by atoms with Gasteiger partial charge in [-0.2, -0.15) is 18.2 Å². The van der Waals surface area contributed by atoms with E-state index in [2.05, 4.69) is 15.1 Å². The molecule has 2 fully saturated rings. The number of hydrogen-bond acceptors (Lipinski definition) is 8. The molecule has 1 aromatic carbocycles. The van der Waals surface area contributed by atoms with E-state index < -0.39 is 48.3 Å². The Hall–Kier alpha value is -2.32. The van der Waals surface area contributed by atoms with Crippen molar-refractivity contribution >= 4 is 23.2 Å². The number of nitrogens with zero attached hydrogens (tertiary/aromatic N) is 4. The molecule has 2 aliphatic heterocycles. The Kier molecular flexibility index (Phi) is 7.92. The lowest BCUT2D eigenvalue weighted by Crippen LogP contribution is -2.56. The molecule has 2 saturated heterocycles. The number of fused-ring (bicyclic) bond motifs is 1. The van der Waals surface area contributed by atoms with Crippen molar-refractivity contribution in [1.29, 1.82) is 0 Å². The van der Waals surface area contributed by atoms with Crippen molar-refractivity contribution in [3.63, 3.8) is 0 Å². The zero-order valence-corrected chi connectivity index (χ0v) is 21.7. The highest BCUT2D eigenvalue weighted by Crippen LogP contribution is 2.44. The van der Waals surface area contributed by atoms with Crippen LogP contribution in [0.4, 0.5) is 13.2 Å². The summed E-state index contributed by atoms with van der Waals surface area (Å²) >= 11 is 12.1. The van der Waals surface area contributed by atoms with Gasteiger partial charge < -0.3 is 23.7 Å². The summed E-state index contributed by atoms with van der Waals surface area (Å²) in [7, 11) is 1.45. The Bertz CT molecular complexity index is 1270. The molecule has 9 nitrogen and oxygen atoms in total. The molecule has 0 radical (unpaired) electrons. The van der Waals surface area contributed by atoms with Gasteiger partial charge in [0.1, 0.15) is 19.0 Å². The molecule has 14 heteroatoms. The van der Waals surface area contributed by atoms with Gasteiger partial charge in [0.25, 0.3) is 0 Å². The molecule has 38 heavy (non-hydrogen) atoms. The zero-order chi connectivity index (χ0) is 27.0. The first-order valence-corrected chi connectivity index (χ1v) is 12.4. The molecule has 0 spiro atoms. The number of hydrogen-bond donors (Lipinski definition) is 0. The number of benzene rings is 1. The normalized spacial score (nSPS) is 27.8. The molecule has 0 amide bonds. The van der Waals surface area contributed by atoms with Crippen LogP contribution < -0.4 is 0 Å². The van der Waals surface area contributed by atoms with Crippen LogP contribution >= 0.6 is 23.2 Å². The molecular formula is C24H23Cl2F3N4O5. The fraction of sp³-hybridized carbons (Fsp3) is 0.458. The lowest BCUT2D eigenvalue weighted by molar-refractivity contribution is -0.327. The van der Waals surface area contributed by atoms with Crippen LogP contribution in [0.2, 0.25) is 10.3 Å². The predicted octanol–water partition coefficient (Wildman–Crippen LogP) is 5.17. The first kappa shape index (κ1) is 27.3. The standard InChI is InChI=1S/C24H23Cl2F3N4O5/c1-12-17-16(10-35-22(38-17)13-6-4-3-5-7-13)37-19(18(12)36-11-34-2)21-31-23(26)32-33(21)15-8-14(25)9-30-20(15)24(27,28)29/h3-9,12,16-19,22H,10-11H2,1-2H3/t12?,16?,17-,18?,19-,22?/m1/s1. The minimum absolute atomic E-state index is 0.0267. The third-order valence-corrected chi connectivity index (χ3v) is 6.72. The van der Waals surface area contributed by atoms with Crippen molar-refractivity contribution in [2.75, 3.05) is 20.5 Å². The van der Waals surface area contributed by atoms with E-state index >= 15 is 0 Å². The van der Waals surface area contributed by atoms with Gasteiger partial charge in [-0.15, -0.1) is 5.10 Å². The lowest BCUT2D eigenvalue weighted by Gasteiger charge is -2.48. The van der Waals surface area contributed by atoms with E-state index in [-0.39, 0.29) is 35.4 Å². The average molecular weight is 575 g/mol. The van der Waals surface area contributed by atoms with Gasteiger partial charge in [-0.3, -0.25) is 0 Å². The summed E-state index contributed by atoms with van der Waals surface area (Å²) in [4.78, 5) is 7.70. The maximum absolute atomic E-state index is 13.8. The number of rotatable bonds is 6. The molecule has 4 unspecified atom stereocenters. The minimum atomic E-state index is -4.80. The van der Waals surface area contributed by atoms with Crippen molar-refractivity contribution in [1.82, 2.24) is 19.7 Å². The zero-order valence-electron chi connectivity index (χ0n) is 20.1. The van der Waals surface area contributed by atoms with Crippen LogP contribution in [0.3, 0.4) is 0 Å². The molecule has 6 atom stereocenters. The second-order valence-corrected chi connectivity index (χ2v) is 9.61. The first-order chi connectivity index (χ1) is 18.2. The molecular weight excluding hydrogens is 552 g/mol. The van der Waals surface area contributed by atoms with Gasteiger partial charge in [-0.1, -0.05) is 48.9 Å². The van der Waals surface area contributed by atoms with Crippen LogP contribution in [0.25, 0.3) is 5.69 Å². The van der Waals surface area contributed by atoms with Crippen LogP contribution in [-0.2, 0) is 29.9 Å². The van der Waals surface area contributed by atoms with E-state index in [1.807, 2.05) is 37.3 Å². The van der Waals surface area contributed by atoms with E-state index in [0.717, 1.165) is 22.5 Å². The monoisotopic (exact) mass is 574 g/mol. The molecule has 4 heterocycles. The largest absolute Gasteiger partial charge is 0.435 e. The Morgan fingerprint density at radius 1 is 1.16 bits per heavy atom. The van der Waals surface area contributed by atoms with Gasteiger partial charge in [-0.25, -0.2) is 9.67 Å². The van der Waals surface area contributed by atoms with E-state index in [1.165, 1.54) is 7.11 Å². The third-order valence-electron chi connectivity index (χ3n) is 6.36. The maximum Gasteiger partial charge on any atom is 0.435 e. The van der Waals surface area contributed by atoms with Gasteiger partial charge >= 0.3 is 6.18 Å². The molecule has 2 aliphatic rings. The number of ether oxygens (including phenoxy) is 5. The van der Waals surface area contributed by atoms with E-state index in [1.54, 1.807) is 0 Å². The second-order valence-electron chi connectivity index (χ2n) is 8.84. The molecule has 0 N–H and O–H groups in total. The van der Waals surface area contributed by atoms with Crippen molar-refractivity contribution in [3.05, 3.63) is 70.0 Å². The van der Waals surface area contributed by atoms with Crippen LogP contribution in [0.5, 0.6) is 0 Å².